The Kier molecular flexibility index (Phi) is 8.16. The van der Waals surface area contributed by atoms with Crippen molar-refractivity contribution in [1.29, 1.82) is 0 Å². The first kappa shape index (κ1) is 29.7. The van der Waals surface area contributed by atoms with Gasteiger partial charge in [-0.3, -0.25) is 19.5 Å². The summed E-state index contributed by atoms with van der Waals surface area (Å²) in [6.45, 7) is 2.40. The first-order valence-corrected chi connectivity index (χ1v) is 16.6. The molecule has 9 heteroatoms. The van der Waals surface area contributed by atoms with Gasteiger partial charge in [-0.1, -0.05) is 55.0 Å². The fourth-order valence-corrected chi connectivity index (χ4v) is 8.31. The summed E-state index contributed by atoms with van der Waals surface area (Å²) in [5.74, 6) is -1.08. The third kappa shape index (κ3) is 5.54. The summed E-state index contributed by atoms with van der Waals surface area (Å²) >= 11 is 1.55. The van der Waals surface area contributed by atoms with Crippen molar-refractivity contribution in [3.8, 4) is 5.75 Å². The lowest BCUT2D eigenvalue weighted by atomic mass is 9.58. The molecule has 0 spiro atoms. The number of imide groups is 1. The van der Waals surface area contributed by atoms with Gasteiger partial charge >= 0.3 is 7.12 Å². The maximum absolute atomic E-state index is 13.9. The lowest BCUT2D eigenvalue weighted by Gasteiger charge is -2.43. The molecule has 45 heavy (non-hydrogen) atoms. The Morgan fingerprint density at radius 3 is 2.62 bits per heavy atom. The van der Waals surface area contributed by atoms with Crippen molar-refractivity contribution in [3.63, 3.8) is 0 Å². The van der Waals surface area contributed by atoms with E-state index in [2.05, 4.69) is 18.0 Å². The summed E-state index contributed by atoms with van der Waals surface area (Å²) in [6, 6.07) is 21.1. The number of hydrogen-bond acceptors (Lipinski definition) is 7. The van der Waals surface area contributed by atoms with Crippen LogP contribution < -0.4 is 0 Å². The minimum Gasteiger partial charge on any atom is -0.507 e. The van der Waals surface area contributed by atoms with E-state index in [1.165, 1.54) is 10.5 Å². The standard InChI is InChI=1S/C36H35BN2O5S/c1-2-22-19-28-34(36(42)39(35(28)41)21-25-8-7-17-45-25)29-20-37(43)44-32(33(22)29)15-13-24(30-11-5-6-16-38-30)18-23-12-14-31(40)27-10-4-3-9-26(23)27/h3-12,14,16-18,28-29,32,34,40,43H,2,13,15,19-21H2,1H3/b24-18-/t28-,29+,32-,34-/m1/s1. The minimum absolute atomic E-state index is 0.0950. The van der Waals surface area contributed by atoms with Crippen LogP contribution in [0.15, 0.2) is 89.5 Å². The van der Waals surface area contributed by atoms with E-state index in [1.807, 2.05) is 66.0 Å². The van der Waals surface area contributed by atoms with Gasteiger partial charge in [0.05, 0.1) is 30.2 Å². The number of nitrogens with zero attached hydrogens (tertiary/aromatic N) is 2. The second-order valence-corrected chi connectivity index (χ2v) is 13.2. The van der Waals surface area contributed by atoms with E-state index in [-0.39, 0.29) is 35.5 Å². The molecule has 228 valence electrons. The van der Waals surface area contributed by atoms with E-state index < -0.39 is 13.0 Å². The van der Waals surface area contributed by atoms with Crippen molar-refractivity contribution in [2.24, 2.45) is 17.8 Å². The SMILES string of the molecule is CCC1=C2[C@@H](CC/C(=C/c3ccc(O)c4ccccc34)c3ccccn3)OB(O)C[C@@H]2[C@@H]2C(=O)N(Cc3cccs3)C(=O)[C@@H]2C1. The highest BCUT2D eigenvalue weighted by molar-refractivity contribution is 7.09. The Hall–Kier alpha value is -4.05. The number of phenols is 1. The zero-order valence-corrected chi connectivity index (χ0v) is 26.0. The number of allylic oxidation sites excluding steroid dienone is 2. The number of hydrogen-bond donors (Lipinski definition) is 2. The van der Waals surface area contributed by atoms with Crippen LogP contribution in [-0.4, -0.2) is 45.1 Å². The fourth-order valence-electron chi connectivity index (χ4n) is 7.62. The first-order chi connectivity index (χ1) is 21.9. The summed E-state index contributed by atoms with van der Waals surface area (Å²) in [4.78, 5) is 34.5. The molecule has 1 aliphatic carbocycles. The third-order valence-electron chi connectivity index (χ3n) is 9.65. The first-order valence-electron chi connectivity index (χ1n) is 15.7. The highest BCUT2D eigenvalue weighted by Crippen LogP contribution is 2.51. The van der Waals surface area contributed by atoms with Crippen LogP contribution in [-0.2, 0) is 20.8 Å². The molecule has 0 unspecified atom stereocenters. The molecule has 0 radical (unpaired) electrons. The molecule has 2 N–H and O–H groups in total. The van der Waals surface area contributed by atoms with Crippen LogP contribution >= 0.6 is 11.3 Å². The minimum atomic E-state index is -1.02. The Labute approximate surface area is 267 Å². The van der Waals surface area contributed by atoms with Gasteiger partial charge in [0.25, 0.3) is 0 Å². The van der Waals surface area contributed by atoms with Crippen molar-refractivity contribution >= 4 is 52.7 Å². The summed E-state index contributed by atoms with van der Waals surface area (Å²) < 4.78 is 6.24. The number of phenolic OH excluding ortho intramolecular Hbond substituents is 1. The molecule has 2 fully saturated rings. The number of benzene rings is 2. The maximum atomic E-state index is 13.9. The predicted octanol–water partition coefficient (Wildman–Crippen LogP) is 6.73. The highest BCUT2D eigenvalue weighted by atomic mass is 32.1. The molecule has 4 aromatic rings. The van der Waals surface area contributed by atoms with Crippen LogP contribution in [0.2, 0.25) is 6.32 Å². The van der Waals surface area contributed by atoms with E-state index in [1.54, 1.807) is 23.6 Å². The summed E-state index contributed by atoms with van der Waals surface area (Å²) in [6.07, 6.45) is 6.34. The number of thiophene rings is 1. The lowest BCUT2D eigenvalue weighted by molar-refractivity contribution is -0.140. The Balaban J connectivity index is 1.21. The molecule has 2 aromatic heterocycles. The Morgan fingerprint density at radius 2 is 1.87 bits per heavy atom. The van der Waals surface area contributed by atoms with E-state index in [0.717, 1.165) is 44.5 Å². The molecule has 2 aromatic carbocycles. The molecule has 2 saturated heterocycles. The van der Waals surface area contributed by atoms with Gasteiger partial charge in [0, 0.05) is 16.5 Å². The van der Waals surface area contributed by atoms with Crippen LogP contribution in [0.4, 0.5) is 0 Å². The quantitative estimate of drug-likeness (QED) is 0.129. The number of carbonyl (C=O) groups excluding carboxylic acids is 2. The normalized spacial score (nSPS) is 23.6. The van der Waals surface area contributed by atoms with Crippen LogP contribution in [0.1, 0.15) is 48.7 Å². The second-order valence-electron chi connectivity index (χ2n) is 12.2. The van der Waals surface area contributed by atoms with Gasteiger partial charge in [-0.2, -0.15) is 0 Å². The third-order valence-corrected chi connectivity index (χ3v) is 10.5. The van der Waals surface area contributed by atoms with Crippen LogP contribution in [0.5, 0.6) is 5.75 Å². The van der Waals surface area contributed by atoms with Gasteiger partial charge in [0.15, 0.2) is 0 Å². The molecule has 0 saturated carbocycles. The number of likely N-dealkylation sites (tertiary alicyclic amines) is 1. The number of amides is 2. The van der Waals surface area contributed by atoms with Crippen molar-refractivity contribution in [3.05, 3.63) is 106 Å². The average molecular weight is 619 g/mol. The second kappa shape index (κ2) is 12.4. The average Bonchev–Trinajstić information content (AvgIpc) is 3.66. The Bertz CT molecular complexity index is 1800. The number of pyridine rings is 1. The van der Waals surface area contributed by atoms with E-state index in [9.17, 15) is 19.7 Å². The van der Waals surface area contributed by atoms with Crippen LogP contribution in [0.25, 0.3) is 22.4 Å². The molecule has 7 nitrogen and oxygen atoms in total. The molecule has 4 atom stereocenters. The van der Waals surface area contributed by atoms with Crippen LogP contribution in [0.3, 0.4) is 0 Å². The number of rotatable bonds is 8. The highest BCUT2D eigenvalue weighted by Gasteiger charge is 2.57. The molecule has 2 aliphatic heterocycles. The summed E-state index contributed by atoms with van der Waals surface area (Å²) in [5, 5.41) is 25.1. The fraction of sp³-hybridized carbons (Fsp3) is 0.306. The van der Waals surface area contributed by atoms with Crippen molar-refractivity contribution in [2.45, 2.75) is 51.6 Å². The van der Waals surface area contributed by atoms with E-state index in [0.29, 0.717) is 32.1 Å². The molecular formula is C36H35BN2O5S. The molecule has 4 heterocycles. The Morgan fingerprint density at radius 1 is 1.04 bits per heavy atom. The van der Waals surface area contributed by atoms with Gasteiger partial charge in [-0.25, -0.2) is 0 Å². The molecule has 0 bridgehead atoms. The van der Waals surface area contributed by atoms with Gasteiger partial charge in [0.2, 0.25) is 11.8 Å². The number of aromatic hydroxyl groups is 1. The van der Waals surface area contributed by atoms with Crippen molar-refractivity contribution < 1.29 is 24.4 Å². The van der Waals surface area contributed by atoms with E-state index >= 15 is 0 Å². The zero-order valence-electron chi connectivity index (χ0n) is 25.1. The largest absolute Gasteiger partial charge is 0.507 e. The van der Waals surface area contributed by atoms with Crippen molar-refractivity contribution in [1.82, 2.24) is 9.88 Å². The van der Waals surface area contributed by atoms with Crippen LogP contribution in [0, 0.1) is 17.8 Å². The number of aromatic nitrogens is 1. The molecule has 3 aliphatic rings. The monoisotopic (exact) mass is 618 g/mol. The number of fused-ring (bicyclic) bond motifs is 4. The van der Waals surface area contributed by atoms with Gasteiger partial charge in [0.1, 0.15) is 5.75 Å². The van der Waals surface area contributed by atoms with E-state index in [4.69, 9.17) is 4.65 Å². The predicted molar refractivity (Wildman–Crippen MR) is 177 cm³/mol. The lowest BCUT2D eigenvalue weighted by Crippen LogP contribution is -2.46. The molecular weight excluding hydrogens is 583 g/mol. The van der Waals surface area contributed by atoms with Gasteiger partial charge in [-0.15, -0.1) is 11.3 Å². The topological polar surface area (TPSA) is 100.0 Å². The summed E-state index contributed by atoms with van der Waals surface area (Å²) in [7, 11) is -1.02. The van der Waals surface area contributed by atoms with Gasteiger partial charge in [-0.05, 0) is 95.7 Å². The molecule has 2 amide bonds. The zero-order chi connectivity index (χ0) is 31.1. The van der Waals surface area contributed by atoms with Crippen molar-refractivity contribution in [2.75, 3.05) is 0 Å². The smallest absolute Gasteiger partial charge is 0.455 e. The molecule has 7 rings (SSSR count). The maximum Gasteiger partial charge on any atom is 0.455 e. The summed E-state index contributed by atoms with van der Waals surface area (Å²) in [5.41, 5.74) is 5.09. The number of carbonyl (C=O) groups is 2. The van der Waals surface area contributed by atoms with Gasteiger partial charge < -0.3 is 14.8 Å².